The zero-order valence-electron chi connectivity index (χ0n) is 11.6. The van der Waals surface area contributed by atoms with Crippen molar-refractivity contribution in [1.29, 1.82) is 0 Å². The first-order valence-electron chi connectivity index (χ1n) is 6.45. The van der Waals surface area contributed by atoms with Gasteiger partial charge in [0.25, 0.3) is 0 Å². The zero-order valence-corrected chi connectivity index (χ0v) is 11.6. The lowest BCUT2D eigenvalue weighted by Gasteiger charge is -2.14. The van der Waals surface area contributed by atoms with Gasteiger partial charge in [0.2, 0.25) is 0 Å². The Morgan fingerprint density at radius 2 is 1.60 bits per heavy atom. The van der Waals surface area contributed by atoms with Crippen molar-refractivity contribution in [3.05, 3.63) is 60.2 Å². The zero-order chi connectivity index (χ0) is 14.4. The Kier molecular flexibility index (Phi) is 4.74. The Labute approximate surface area is 118 Å². The fourth-order valence-electron chi connectivity index (χ4n) is 2.00. The Morgan fingerprint density at radius 1 is 1.00 bits per heavy atom. The largest absolute Gasteiger partial charge is 0.339 e. The molecule has 2 aromatic rings. The summed E-state index contributed by atoms with van der Waals surface area (Å²) in [5.74, 6) is 0. The van der Waals surface area contributed by atoms with Crippen molar-refractivity contribution in [3.8, 4) is 11.1 Å². The minimum atomic E-state index is -0.355. The van der Waals surface area contributed by atoms with Gasteiger partial charge >= 0.3 is 6.03 Å². The van der Waals surface area contributed by atoms with Crippen LogP contribution in [0.2, 0.25) is 0 Å². The summed E-state index contributed by atoms with van der Waals surface area (Å²) < 4.78 is 0. The average Bonchev–Trinajstić information content (AvgIpc) is 2.48. The van der Waals surface area contributed by atoms with Crippen molar-refractivity contribution < 1.29 is 9.63 Å². The summed E-state index contributed by atoms with van der Waals surface area (Å²) in [5.41, 5.74) is 5.60. The fraction of sp³-hybridized carbons (Fsp3) is 0.188. The minimum Gasteiger partial charge on any atom is -0.330 e. The maximum Gasteiger partial charge on any atom is 0.339 e. The van der Waals surface area contributed by atoms with Crippen molar-refractivity contribution in [2.45, 2.75) is 13.0 Å². The number of rotatable bonds is 4. The first-order valence-corrected chi connectivity index (χ1v) is 6.45. The van der Waals surface area contributed by atoms with E-state index in [0.717, 1.165) is 11.1 Å². The molecule has 0 aliphatic rings. The van der Waals surface area contributed by atoms with Gasteiger partial charge in [0.15, 0.2) is 0 Å². The van der Waals surface area contributed by atoms with Gasteiger partial charge in [0.05, 0.1) is 13.2 Å². The van der Waals surface area contributed by atoms with E-state index in [2.05, 4.69) is 39.9 Å². The highest BCUT2D eigenvalue weighted by atomic mass is 16.6. The number of benzene rings is 2. The van der Waals surface area contributed by atoms with Crippen LogP contribution in [0, 0.1) is 0 Å². The monoisotopic (exact) mass is 270 g/mol. The molecule has 2 amide bonds. The van der Waals surface area contributed by atoms with Crippen molar-refractivity contribution in [1.82, 2.24) is 10.8 Å². The molecule has 0 unspecified atom stereocenters. The normalized spacial score (nSPS) is 11.7. The van der Waals surface area contributed by atoms with Crippen molar-refractivity contribution in [3.63, 3.8) is 0 Å². The van der Waals surface area contributed by atoms with E-state index in [0.29, 0.717) is 0 Å². The highest BCUT2D eigenvalue weighted by Crippen LogP contribution is 2.21. The summed E-state index contributed by atoms with van der Waals surface area (Å²) in [7, 11) is 1.40. The molecule has 0 aliphatic heterocycles. The Hall–Kier alpha value is -2.33. The Morgan fingerprint density at radius 3 is 2.20 bits per heavy atom. The first kappa shape index (κ1) is 14.1. The van der Waals surface area contributed by atoms with E-state index in [1.807, 2.05) is 37.3 Å². The molecule has 0 bridgehead atoms. The van der Waals surface area contributed by atoms with Gasteiger partial charge in [0, 0.05) is 0 Å². The molecule has 1 atom stereocenters. The predicted octanol–water partition coefficient (Wildman–Crippen LogP) is 3.28. The lowest BCUT2D eigenvalue weighted by molar-refractivity contribution is 0.106. The fourth-order valence-corrected chi connectivity index (χ4v) is 2.00. The van der Waals surface area contributed by atoms with Crippen molar-refractivity contribution in [2.75, 3.05) is 7.11 Å². The summed E-state index contributed by atoms with van der Waals surface area (Å²) in [6.45, 7) is 1.92. The number of amides is 2. The van der Waals surface area contributed by atoms with Crippen LogP contribution >= 0.6 is 0 Å². The molecule has 0 saturated heterocycles. The van der Waals surface area contributed by atoms with E-state index < -0.39 is 0 Å². The van der Waals surface area contributed by atoms with Gasteiger partial charge in [-0.05, 0) is 23.6 Å². The first-order chi connectivity index (χ1) is 9.70. The quantitative estimate of drug-likeness (QED) is 0.838. The minimum absolute atomic E-state index is 0.0880. The maximum absolute atomic E-state index is 11.4. The molecule has 104 valence electrons. The highest BCUT2D eigenvalue weighted by Gasteiger charge is 2.09. The number of hydrogen-bond acceptors (Lipinski definition) is 2. The second-order valence-electron chi connectivity index (χ2n) is 4.49. The molecular weight excluding hydrogens is 252 g/mol. The molecule has 2 N–H and O–H groups in total. The molecule has 4 heteroatoms. The third-order valence-corrected chi connectivity index (χ3v) is 3.06. The van der Waals surface area contributed by atoms with E-state index in [9.17, 15) is 4.79 Å². The topological polar surface area (TPSA) is 50.4 Å². The van der Waals surface area contributed by atoms with Crippen LogP contribution < -0.4 is 10.8 Å². The third-order valence-electron chi connectivity index (χ3n) is 3.06. The number of nitrogens with one attached hydrogen (secondary N) is 2. The van der Waals surface area contributed by atoms with Crippen molar-refractivity contribution in [2.24, 2.45) is 0 Å². The van der Waals surface area contributed by atoms with Crippen LogP contribution in [-0.2, 0) is 4.84 Å². The molecule has 20 heavy (non-hydrogen) atoms. The van der Waals surface area contributed by atoms with Crippen molar-refractivity contribution >= 4 is 6.03 Å². The van der Waals surface area contributed by atoms with Gasteiger partial charge in [-0.1, -0.05) is 54.6 Å². The summed E-state index contributed by atoms with van der Waals surface area (Å²) in [6.07, 6.45) is 0. The molecule has 0 fully saturated rings. The van der Waals surface area contributed by atoms with E-state index >= 15 is 0 Å². The second kappa shape index (κ2) is 6.73. The summed E-state index contributed by atoms with van der Waals surface area (Å²) in [6, 6.07) is 17.9. The van der Waals surface area contributed by atoms with E-state index in [1.165, 1.54) is 12.7 Å². The summed E-state index contributed by atoms with van der Waals surface area (Å²) >= 11 is 0. The average molecular weight is 270 g/mol. The number of hydroxylamine groups is 1. The summed E-state index contributed by atoms with van der Waals surface area (Å²) in [5, 5.41) is 2.78. The van der Waals surface area contributed by atoms with E-state index in [1.54, 1.807) is 0 Å². The Bertz CT molecular complexity index is 552. The van der Waals surface area contributed by atoms with Gasteiger partial charge in [-0.2, -0.15) is 0 Å². The number of hydrogen-bond donors (Lipinski definition) is 2. The highest BCUT2D eigenvalue weighted by molar-refractivity contribution is 5.73. The molecule has 0 saturated carbocycles. The second-order valence-corrected chi connectivity index (χ2v) is 4.49. The van der Waals surface area contributed by atoms with Gasteiger partial charge < -0.3 is 5.32 Å². The molecule has 0 heterocycles. The third kappa shape index (κ3) is 3.59. The predicted molar refractivity (Wildman–Crippen MR) is 79.0 cm³/mol. The smallest absolute Gasteiger partial charge is 0.330 e. The SMILES string of the molecule is CONC(=O)N[C@@H](C)c1ccc(-c2ccccc2)cc1. The van der Waals surface area contributed by atoms with Gasteiger partial charge in [-0.25, -0.2) is 10.3 Å². The lowest BCUT2D eigenvalue weighted by atomic mass is 10.0. The molecule has 0 aliphatic carbocycles. The summed E-state index contributed by atoms with van der Waals surface area (Å²) in [4.78, 5) is 15.9. The van der Waals surface area contributed by atoms with Gasteiger partial charge in [-0.15, -0.1) is 0 Å². The molecule has 2 rings (SSSR count). The number of urea groups is 1. The van der Waals surface area contributed by atoms with Crippen LogP contribution in [0.5, 0.6) is 0 Å². The van der Waals surface area contributed by atoms with Crippen LogP contribution in [0.25, 0.3) is 11.1 Å². The van der Waals surface area contributed by atoms with Gasteiger partial charge in [-0.3, -0.25) is 4.84 Å². The van der Waals surface area contributed by atoms with Crippen LogP contribution in [-0.4, -0.2) is 13.1 Å². The van der Waals surface area contributed by atoms with Crippen LogP contribution in [0.3, 0.4) is 0 Å². The van der Waals surface area contributed by atoms with Gasteiger partial charge in [0.1, 0.15) is 0 Å². The van der Waals surface area contributed by atoms with Crippen LogP contribution in [0.4, 0.5) is 4.79 Å². The number of carbonyl (C=O) groups excluding carboxylic acids is 1. The standard InChI is InChI=1S/C16H18N2O2/c1-12(17-16(19)18-20-2)13-8-10-15(11-9-13)14-6-4-3-5-7-14/h3-12H,1-2H3,(H2,17,18,19)/t12-/m0/s1. The molecule has 0 radical (unpaired) electrons. The van der Waals surface area contributed by atoms with E-state index in [4.69, 9.17) is 0 Å². The molecule has 0 aromatic heterocycles. The molecule has 2 aromatic carbocycles. The molecular formula is C16H18N2O2. The maximum atomic E-state index is 11.4. The number of carbonyl (C=O) groups is 1. The van der Waals surface area contributed by atoms with Crippen LogP contribution in [0.1, 0.15) is 18.5 Å². The van der Waals surface area contributed by atoms with Crippen LogP contribution in [0.15, 0.2) is 54.6 Å². The Balaban J connectivity index is 2.06. The molecule has 4 nitrogen and oxygen atoms in total. The molecule has 0 spiro atoms. The van der Waals surface area contributed by atoms with E-state index in [-0.39, 0.29) is 12.1 Å². The lowest BCUT2D eigenvalue weighted by Crippen LogP contribution is -2.36.